The first-order chi connectivity index (χ1) is 14.5. The van der Waals surface area contributed by atoms with Gasteiger partial charge in [-0.3, -0.25) is 9.69 Å². The molecule has 160 valence electrons. The molecule has 1 atom stereocenters. The molecule has 2 aromatic carbocycles. The van der Waals surface area contributed by atoms with Gasteiger partial charge in [0.05, 0.1) is 18.8 Å². The first-order valence-corrected chi connectivity index (χ1v) is 10.4. The fourth-order valence-electron chi connectivity index (χ4n) is 3.23. The summed E-state index contributed by atoms with van der Waals surface area (Å²) in [6.07, 6.45) is -0.103. The summed E-state index contributed by atoms with van der Waals surface area (Å²) in [5, 5.41) is 5.92. The number of rotatable bonds is 9. The van der Waals surface area contributed by atoms with Crippen molar-refractivity contribution in [3.63, 3.8) is 0 Å². The van der Waals surface area contributed by atoms with Gasteiger partial charge in [0.25, 0.3) is 0 Å². The topological polar surface area (TPSA) is 70.7 Å². The maximum atomic E-state index is 14.8. The van der Waals surface area contributed by atoms with Crippen molar-refractivity contribution in [3.05, 3.63) is 53.8 Å². The second-order valence-corrected chi connectivity index (χ2v) is 7.51. The van der Waals surface area contributed by atoms with Crippen molar-refractivity contribution in [1.82, 2.24) is 10.6 Å². The zero-order valence-electron chi connectivity index (χ0n) is 16.8. The fourth-order valence-corrected chi connectivity index (χ4v) is 3.36. The smallest absolute Gasteiger partial charge is 0.414 e. The molecular weight excluding hydrogens is 409 g/mol. The molecule has 3 rings (SSSR count). The molecule has 1 saturated heterocycles. The van der Waals surface area contributed by atoms with Gasteiger partial charge in [-0.2, -0.15) is 0 Å². The molecule has 0 aromatic heterocycles. The molecule has 1 aliphatic rings. The van der Waals surface area contributed by atoms with Gasteiger partial charge in [-0.1, -0.05) is 24.3 Å². The van der Waals surface area contributed by atoms with Crippen LogP contribution >= 0.6 is 11.6 Å². The summed E-state index contributed by atoms with van der Waals surface area (Å²) in [6, 6.07) is 12.4. The van der Waals surface area contributed by atoms with E-state index in [4.69, 9.17) is 16.3 Å². The monoisotopic (exact) mass is 433 g/mol. The minimum Gasteiger partial charge on any atom is -0.442 e. The number of alkyl halides is 1. The Labute approximate surface area is 180 Å². The lowest BCUT2D eigenvalue weighted by atomic mass is 10.0. The third kappa shape index (κ3) is 5.70. The quantitative estimate of drug-likeness (QED) is 0.467. The molecule has 0 bridgehead atoms. The molecule has 1 unspecified atom stereocenters. The number of carbonyl (C=O) groups excluding carboxylic acids is 2. The Morgan fingerprint density at radius 1 is 1.27 bits per heavy atom. The summed E-state index contributed by atoms with van der Waals surface area (Å²) in [4.78, 5) is 24.5. The molecular formula is C22H25ClFN3O3. The molecule has 6 nitrogen and oxygen atoms in total. The van der Waals surface area contributed by atoms with Crippen molar-refractivity contribution in [1.29, 1.82) is 0 Å². The van der Waals surface area contributed by atoms with Crippen LogP contribution in [-0.4, -0.2) is 43.6 Å². The first kappa shape index (κ1) is 22.1. The van der Waals surface area contributed by atoms with E-state index in [1.165, 1.54) is 17.9 Å². The minimum atomic E-state index is -0.552. The van der Waals surface area contributed by atoms with Crippen LogP contribution in [0.5, 0.6) is 0 Å². The van der Waals surface area contributed by atoms with Crippen LogP contribution in [0.3, 0.4) is 0 Å². The van der Waals surface area contributed by atoms with E-state index in [1.54, 1.807) is 12.1 Å². The summed E-state index contributed by atoms with van der Waals surface area (Å²) in [7, 11) is 0. The van der Waals surface area contributed by atoms with Crippen LogP contribution in [0.2, 0.25) is 0 Å². The van der Waals surface area contributed by atoms with Crippen molar-refractivity contribution in [2.75, 3.05) is 30.4 Å². The molecule has 1 fully saturated rings. The zero-order chi connectivity index (χ0) is 21.5. The lowest BCUT2D eigenvalue weighted by molar-refractivity contribution is -0.119. The Bertz CT molecular complexity index is 892. The van der Waals surface area contributed by atoms with E-state index < -0.39 is 18.0 Å². The zero-order valence-corrected chi connectivity index (χ0v) is 17.5. The van der Waals surface area contributed by atoms with Crippen molar-refractivity contribution in [3.8, 4) is 11.1 Å². The van der Waals surface area contributed by atoms with E-state index in [0.717, 1.165) is 30.6 Å². The lowest BCUT2D eigenvalue weighted by Crippen LogP contribution is -2.33. The number of ether oxygens (including phenoxy) is 1. The van der Waals surface area contributed by atoms with Crippen LogP contribution in [0, 0.1) is 5.82 Å². The van der Waals surface area contributed by atoms with Gasteiger partial charge in [0.2, 0.25) is 5.91 Å². The van der Waals surface area contributed by atoms with Gasteiger partial charge in [-0.15, -0.1) is 11.6 Å². The third-order valence-corrected chi connectivity index (χ3v) is 5.07. The molecule has 0 aliphatic carbocycles. The molecule has 2 amide bonds. The molecule has 1 aliphatic heterocycles. The van der Waals surface area contributed by atoms with Gasteiger partial charge < -0.3 is 15.4 Å². The van der Waals surface area contributed by atoms with Crippen molar-refractivity contribution < 1.29 is 18.7 Å². The maximum Gasteiger partial charge on any atom is 0.414 e. The molecule has 8 heteroatoms. The first-order valence-electron chi connectivity index (χ1n) is 9.86. The largest absolute Gasteiger partial charge is 0.442 e. The van der Waals surface area contributed by atoms with Crippen molar-refractivity contribution in [2.45, 2.75) is 26.0 Å². The van der Waals surface area contributed by atoms with Gasteiger partial charge in [-0.05, 0) is 42.3 Å². The van der Waals surface area contributed by atoms with Gasteiger partial charge in [0.1, 0.15) is 11.9 Å². The Hall–Kier alpha value is -2.64. The normalized spacial score (nSPS) is 15.9. The predicted octanol–water partition coefficient (Wildman–Crippen LogP) is 3.67. The number of halogens is 2. The number of hydrogen-bond acceptors (Lipinski definition) is 4. The Balaban J connectivity index is 1.65. The van der Waals surface area contributed by atoms with E-state index in [-0.39, 0.29) is 19.0 Å². The van der Waals surface area contributed by atoms with E-state index in [0.29, 0.717) is 17.1 Å². The van der Waals surface area contributed by atoms with Gasteiger partial charge >= 0.3 is 6.09 Å². The average Bonchev–Trinajstić information content (AvgIpc) is 3.11. The number of nitrogens with zero attached hydrogens (tertiary/aromatic N) is 1. The highest BCUT2D eigenvalue weighted by atomic mass is 35.5. The average molecular weight is 434 g/mol. The second kappa shape index (κ2) is 10.4. The molecule has 30 heavy (non-hydrogen) atoms. The SMILES string of the molecule is CC(=O)NCC1CN(c2ccc(-c3ccc(CNCCCCl)cc3)c(F)c2)C(=O)O1. The Morgan fingerprint density at radius 2 is 2.03 bits per heavy atom. The highest BCUT2D eigenvalue weighted by Gasteiger charge is 2.32. The lowest BCUT2D eigenvalue weighted by Gasteiger charge is -2.15. The standard InChI is InChI=1S/C22H25ClFN3O3/c1-15(28)26-13-19-14-27(22(29)30-19)18-7-8-20(21(24)11-18)17-5-3-16(4-6-17)12-25-10-2-9-23/h3-8,11,19,25H,2,9-10,12-14H2,1H3,(H,26,28). The highest BCUT2D eigenvalue weighted by Crippen LogP contribution is 2.29. The predicted molar refractivity (Wildman–Crippen MR) is 115 cm³/mol. The molecule has 0 radical (unpaired) electrons. The van der Waals surface area contributed by atoms with Crippen LogP contribution in [0.1, 0.15) is 18.9 Å². The summed E-state index contributed by atoms with van der Waals surface area (Å²) < 4.78 is 20.0. The van der Waals surface area contributed by atoms with Crippen molar-refractivity contribution >= 4 is 29.3 Å². The molecule has 2 N–H and O–H groups in total. The number of anilines is 1. The number of benzene rings is 2. The molecule has 2 aromatic rings. The summed E-state index contributed by atoms with van der Waals surface area (Å²) in [5.41, 5.74) is 2.75. The van der Waals surface area contributed by atoms with Gasteiger partial charge in [0, 0.05) is 24.9 Å². The van der Waals surface area contributed by atoms with E-state index in [2.05, 4.69) is 10.6 Å². The summed E-state index contributed by atoms with van der Waals surface area (Å²) in [5.74, 6) is 0.0160. The maximum absolute atomic E-state index is 14.8. The van der Waals surface area contributed by atoms with Crippen LogP contribution in [-0.2, 0) is 16.1 Å². The van der Waals surface area contributed by atoms with Crippen LogP contribution in [0.15, 0.2) is 42.5 Å². The summed E-state index contributed by atoms with van der Waals surface area (Å²) in [6.45, 7) is 3.46. The fraction of sp³-hybridized carbons (Fsp3) is 0.364. The number of cyclic esters (lactones) is 1. The van der Waals surface area contributed by atoms with E-state index in [1.807, 2.05) is 24.3 Å². The van der Waals surface area contributed by atoms with Gasteiger partial charge in [-0.25, -0.2) is 9.18 Å². The third-order valence-electron chi connectivity index (χ3n) is 4.80. The van der Waals surface area contributed by atoms with Crippen LogP contribution < -0.4 is 15.5 Å². The Morgan fingerprint density at radius 3 is 2.70 bits per heavy atom. The number of amides is 2. The highest BCUT2D eigenvalue weighted by molar-refractivity contribution is 6.17. The Kier molecular flexibility index (Phi) is 7.65. The van der Waals surface area contributed by atoms with E-state index >= 15 is 0 Å². The molecule has 1 heterocycles. The number of hydrogen-bond donors (Lipinski definition) is 2. The number of nitrogens with one attached hydrogen (secondary N) is 2. The minimum absolute atomic E-state index is 0.197. The van der Waals surface area contributed by atoms with Gasteiger partial charge in [0.15, 0.2) is 0 Å². The van der Waals surface area contributed by atoms with Crippen LogP contribution in [0.4, 0.5) is 14.9 Å². The molecule has 0 spiro atoms. The molecule has 0 saturated carbocycles. The second-order valence-electron chi connectivity index (χ2n) is 7.13. The summed E-state index contributed by atoms with van der Waals surface area (Å²) >= 11 is 5.66. The van der Waals surface area contributed by atoms with E-state index in [9.17, 15) is 14.0 Å². The number of carbonyl (C=O) groups is 2. The van der Waals surface area contributed by atoms with Crippen LogP contribution in [0.25, 0.3) is 11.1 Å². The van der Waals surface area contributed by atoms with Crippen molar-refractivity contribution in [2.24, 2.45) is 0 Å².